The molecule has 1 atom stereocenters. The molecule has 1 heterocycles. The molecule has 0 bridgehead atoms. The molecular formula is C19H25ClN2O5S. The van der Waals surface area contributed by atoms with E-state index >= 15 is 0 Å². The lowest BCUT2D eigenvalue weighted by molar-refractivity contribution is -0.129. The van der Waals surface area contributed by atoms with Gasteiger partial charge in [-0.1, -0.05) is 24.4 Å². The van der Waals surface area contributed by atoms with Gasteiger partial charge in [0.05, 0.1) is 10.6 Å². The minimum atomic E-state index is -3.81. The Labute approximate surface area is 170 Å². The average Bonchev–Trinajstić information content (AvgIpc) is 3.48. The smallest absolute Gasteiger partial charge is 0.338 e. The van der Waals surface area contributed by atoms with Gasteiger partial charge in [-0.2, -0.15) is 4.31 Å². The van der Waals surface area contributed by atoms with Crippen LogP contribution in [0.2, 0.25) is 5.02 Å². The van der Waals surface area contributed by atoms with Crippen molar-refractivity contribution in [3.8, 4) is 0 Å². The van der Waals surface area contributed by atoms with Crippen molar-refractivity contribution in [2.24, 2.45) is 0 Å². The lowest BCUT2D eigenvalue weighted by Gasteiger charge is -2.21. The Hall–Kier alpha value is -1.64. The van der Waals surface area contributed by atoms with Crippen molar-refractivity contribution >= 4 is 33.5 Å². The molecule has 154 valence electrons. The molecule has 1 unspecified atom stereocenters. The molecule has 1 saturated carbocycles. The van der Waals surface area contributed by atoms with Crippen molar-refractivity contribution in [2.75, 3.05) is 13.1 Å². The van der Waals surface area contributed by atoms with Crippen LogP contribution in [-0.4, -0.2) is 49.8 Å². The second-order valence-corrected chi connectivity index (χ2v) is 9.61. The van der Waals surface area contributed by atoms with E-state index in [1.807, 2.05) is 0 Å². The van der Waals surface area contributed by atoms with Gasteiger partial charge in [-0.15, -0.1) is 0 Å². The third-order valence-corrected chi connectivity index (χ3v) is 7.31. The number of nitrogens with zero attached hydrogens (tertiary/aromatic N) is 1. The van der Waals surface area contributed by atoms with Crippen molar-refractivity contribution in [2.45, 2.75) is 62.5 Å². The monoisotopic (exact) mass is 428 g/mol. The van der Waals surface area contributed by atoms with Gasteiger partial charge in [0.1, 0.15) is 4.90 Å². The number of benzene rings is 1. The Morgan fingerprint density at radius 2 is 1.82 bits per heavy atom. The van der Waals surface area contributed by atoms with E-state index in [0.717, 1.165) is 38.5 Å². The first kappa shape index (κ1) is 21.1. The fourth-order valence-electron chi connectivity index (χ4n) is 3.08. The van der Waals surface area contributed by atoms with Crippen molar-refractivity contribution in [1.29, 1.82) is 0 Å². The number of sulfonamides is 1. The Kier molecular flexibility index (Phi) is 6.62. The standard InChI is InChI=1S/C19H25ClN2O5S/c1-13(18(23)21-15-7-8-15)27-19(24)14-6-9-16(20)17(12-14)28(25,26)22-10-4-2-3-5-11-22/h6,9,12-13,15H,2-5,7-8,10-11H2,1H3,(H,21,23). The highest BCUT2D eigenvalue weighted by molar-refractivity contribution is 7.89. The number of ether oxygens (including phenoxy) is 1. The molecular weight excluding hydrogens is 404 g/mol. The van der Waals surface area contributed by atoms with Gasteiger partial charge in [0.2, 0.25) is 10.0 Å². The minimum absolute atomic E-state index is 0.0452. The van der Waals surface area contributed by atoms with Gasteiger partial charge < -0.3 is 10.1 Å². The second kappa shape index (κ2) is 8.80. The number of halogens is 1. The maximum atomic E-state index is 13.0. The van der Waals surface area contributed by atoms with Crippen LogP contribution in [0.25, 0.3) is 0 Å². The summed E-state index contributed by atoms with van der Waals surface area (Å²) in [4.78, 5) is 24.3. The number of amides is 1. The second-order valence-electron chi connectivity index (χ2n) is 7.29. The Bertz CT molecular complexity index is 846. The highest BCUT2D eigenvalue weighted by Gasteiger charge is 2.30. The van der Waals surface area contributed by atoms with E-state index in [0.29, 0.717) is 13.1 Å². The molecule has 0 spiro atoms. The number of carbonyl (C=O) groups excluding carboxylic acids is 2. The normalized spacial score (nSPS) is 19.5. The summed E-state index contributed by atoms with van der Waals surface area (Å²) in [5.74, 6) is -1.12. The number of nitrogens with one attached hydrogen (secondary N) is 1. The first-order valence-electron chi connectivity index (χ1n) is 9.60. The first-order valence-corrected chi connectivity index (χ1v) is 11.4. The maximum Gasteiger partial charge on any atom is 0.338 e. The third kappa shape index (κ3) is 5.04. The lowest BCUT2D eigenvalue weighted by Crippen LogP contribution is -2.37. The van der Waals surface area contributed by atoms with Crippen LogP contribution in [0.3, 0.4) is 0 Å². The number of esters is 1. The maximum absolute atomic E-state index is 13.0. The molecule has 0 radical (unpaired) electrons. The lowest BCUT2D eigenvalue weighted by atomic mass is 10.2. The quantitative estimate of drug-likeness (QED) is 0.703. The van der Waals surface area contributed by atoms with Gasteiger partial charge in [0.15, 0.2) is 6.10 Å². The molecule has 1 amide bonds. The van der Waals surface area contributed by atoms with Crippen LogP contribution in [0.4, 0.5) is 0 Å². The van der Waals surface area contributed by atoms with Crippen LogP contribution in [0.15, 0.2) is 23.1 Å². The molecule has 1 aliphatic heterocycles. The van der Waals surface area contributed by atoms with Crippen LogP contribution in [0.1, 0.15) is 55.8 Å². The summed E-state index contributed by atoms with van der Waals surface area (Å²) in [5.41, 5.74) is 0.0452. The summed E-state index contributed by atoms with van der Waals surface area (Å²) >= 11 is 6.14. The Morgan fingerprint density at radius 1 is 1.18 bits per heavy atom. The van der Waals surface area contributed by atoms with Crippen LogP contribution in [0, 0.1) is 0 Å². The van der Waals surface area contributed by atoms with Crippen LogP contribution in [-0.2, 0) is 19.6 Å². The van der Waals surface area contributed by atoms with Gasteiger partial charge in [0, 0.05) is 19.1 Å². The van der Waals surface area contributed by atoms with E-state index in [1.165, 1.54) is 29.4 Å². The van der Waals surface area contributed by atoms with Crippen LogP contribution in [0.5, 0.6) is 0 Å². The summed E-state index contributed by atoms with van der Waals surface area (Å²) in [6, 6.07) is 4.17. The number of carbonyl (C=O) groups is 2. The van der Waals surface area contributed by atoms with Gasteiger partial charge in [-0.3, -0.25) is 4.79 Å². The van der Waals surface area contributed by atoms with Gasteiger partial charge in [-0.05, 0) is 50.8 Å². The zero-order valence-corrected chi connectivity index (χ0v) is 17.4. The Morgan fingerprint density at radius 3 is 2.43 bits per heavy atom. The van der Waals surface area contributed by atoms with Gasteiger partial charge in [0.25, 0.3) is 5.91 Å². The van der Waals surface area contributed by atoms with E-state index in [4.69, 9.17) is 16.3 Å². The molecule has 28 heavy (non-hydrogen) atoms. The molecule has 7 nitrogen and oxygen atoms in total. The number of rotatable bonds is 6. The number of hydrogen-bond donors (Lipinski definition) is 1. The molecule has 1 N–H and O–H groups in total. The molecule has 1 saturated heterocycles. The van der Waals surface area contributed by atoms with E-state index in [2.05, 4.69) is 5.32 Å². The number of hydrogen-bond acceptors (Lipinski definition) is 5. The molecule has 0 aromatic heterocycles. The first-order chi connectivity index (χ1) is 13.3. The molecule has 9 heteroatoms. The van der Waals surface area contributed by atoms with Crippen LogP contribution >= 0.6 is 11.6 Å². The summed E-state index contributed by atoms with van der Waals surface area (Å²) in [7, 11) is -3.81. The predicted molar refractivity (Wildman–Crippen MR) is 105 cm³/mol. The molecule has 2 aliphatic rings. The zero-order chi connectivity index (χ0) is 20.3. The van der Waals surface area contributed by atoms with Gasteiger partial charge >= 0.3 is 5.97 Å². The molecule has 3 rings (SSSR count). The molecule has 1 aromatic carbocycles. The van der Waals surface area contributed by atoms with E-state index in [1.54, 1.807) is 0 Å². The largest absolute Gasteiger partial charge is 0.449 e. The van der Waals surface area contributed by atoms with Gasteiger partial charge in [-0.25, -0.2) is 13.2 Å². The fourth-order valence-corrected chi connectivity index (χ4v) is 5.09. The summed E-state index contributed by atoms with van der Waals surface area (Å²) in [6.45, 7) is 2.36. The fraction of sp³-hybridized carbons (Fsp3) is 0.579. The molecule has 2 fully saturated rings. The van der Waals surface area contributed by atoms with E-state index in [-0.39, 0.29) is 27.4 Å². The van der Waals surface area contributed by atoms with Crippen molar-refractivity contribution in [3.63, 3.8) is 0 Å². The van der Waals surface area contributed by atoms with Crippen LogP contribution < -0.4 is 5.32 Å². The summed E-state index contributed by atoms with van der Waals surface area (Å²) < 4.78 is 32.7. The summed E-state index contributed by atoms with van der Waals surface area (Å²) in [6.07, 6.45) is 4.48. The predicted octanol–water partition coefficient (Wildman–Crippen LogP) is 2.73. The molecule has 1 aromatic rings. The van der Waals surface area contributed by atoms with E-state index < -0.39 is 22.1 Å². The Balaban J connectivity index is 1.76. The topological polar surface area (TPSA) is 92.8 Å². The van der Waals surface area contributed by atoms with E-state index in [9.17, 15) is 18.0 Å². The molecule has 1 aliphatic carbocycles. The van der Waals surface area contributed by atoms with Crippen molar-refractivity contribution in [3.05, 3.63) is 28.8 Å². The summed E-state index contributed by atoms with van der Waals surface area (Å²) in [5, 5.41) is 2.82. The SMILES string of the molecule is CC(OC(=O)c1ccc(Cl)c(S(=O)(=O)N2CCCCCC2)c1)C(=O)NC1CC1. The van der Waals surface area contributed by atoms with Crippen molar-refractivity contribution < 1.29 is 22.7 Å². The van der Waals surface area contributed by atoms with Crippen molar-refractivity contribution in [1.82, 2.24) is 9.62 Å². The highest BCUT2D eigenvalue weighted by atomic mass is 35.5. The highest BCUT2D eigenvalue weighted by Crippen LogP contribution is 2.28. The average molecular weight is 429 g/mol. The minimum Gasteiger partial charge on any atom is -0.449 e. The zero-order valence-electron chi connectivity index (χ0n) is 15.8. The third-order valence-electron chi connectivity index (χ3n) is 4.93.